The molecule has 0 bridgehead atoms. The smallest absolute Gasteiger partial charge is 0.325 e. The Morgan fingerprint density at radius 3 is 2.41 bits per heavy atom. The highest BCUT2D eigenvalue weighted by atomic mass is 35.5. The van der Waals surface area contributed by atoms with Crippen molar-refractivity contribution in [2.24, 2.45) is 0 Å². The minimum atomic E-state index is -0.510. The zero-order valence-electron chi connectivity index (χ0n) is 11.8. The van der Waals surface area contributed by atoms with E-state index in [1.54, 1.807) is 24.3 Å². The monoisotopic (exact) mass is 314 g/mol. The van der Waals surface area contributed by atoms with Crippen LogP contribution in [0.25, 0.3) is 0 Å². The zero-order valence-corrected chi connectivity index (χ0v) is 12.6. The molecule has 1 saturated heterocycles. The van der Waals surface area contributed by atoms with Gasteiger partial charge in [-0.3, -0.25) is 4.79 Å². The fourth-order valence-corrected chi connectivity index (χ4v) is 2.76. The molecule has 1 heterocycles. The maximum absolute atomic E-state index is 12.5. The summed E-state index contributed by atoms with van der Waals surface area (Å²) in [5, 5.41) is 3.11. The van der Waals surface area contributed by atoms with E-state index in [1.165, 1.54) is 0 Å². The summed E-state index contributed by atoms with van der Waals surface area (Å²) in [6.07, 6.45) is 1.30. The van der Waals surface area contributed by atoms with Gasteiger partial charge in [-0.1, -0.05) is 54.1 Å². The molecule has 1 aliphatic heterocycles. The minimum absolute atomic E-state index is 0.256. The van der Waals surface area contributed by atoms with Gasteiger partial charge in [-0.05, 0) is 30.5 Å². The van der Waals surface area contributed by atoms with Gasteiger partial charge < -0.3 is 5.32 Å². The molecule has 1 atom stereocenters. The SMILES string of the molecule is O=C1NC(CCc2ccccc2)C(=O)N1c1ccccc1Cl. The van der Waals surface area contributed by atoms with Crippen molar-refractivity contribution in [1.29, 1.82) is 0 Å². The third kappa shape index (κ3) is 2.83. The molecular weight excluding hydrogens is 300 g/mol. The van der Waals surface area contributed by atoms with E-state index in [2.05, 4.69) is 5.32 Å². The van der Waals surface area contributed by atoms with Crippen molar-refractivity contribution in [2.45, 2.75) is 18.9 Å². The number of aryl methyl sites for hydroxylation is 1. The standard InChI is InChI=1S/C17H15ClN2O2/c18-13-8-4-5-9-15(13)20-16(21)14(19-17(20)22)11-10-12-6-2-1-3-7-12/h1-9,14H,10-11H2,(H,19,22). The maximum atomic E-state index is 12.5. The predicted octanol–water partition coefficient (Wildman–Crippen LogP) is 3.40. The Labute approximate surface area is 133 Å². The molecule has 0 aromatic heterocycles. The lowest BCUT2D eigenvalue weighted by molar-refractivity contribution is -0.118. The molecule has 1 fully saturated rings. The van der Waals surface area contributed by atoms with E-state index >= 15 is 0 Å². The molecule has 4 nitrogen and oxygen atoms in total. The van der Waals surface area contributed by atoms with Crippen molar-refractivity contribution < 1.29 is 9.59 Å². The number of carbonyl (C=O) groups is 2. The van der Waals surface area contributed by atoms with E-state index in [0.29, 0.717) is 17.1 Å². The molecule has 3 rings (SSSR count). The molecule has 2 aromatic rings. The first-order valence-electron chi connectivity index (χ1n) is 7.10. The summed E-state index contributed by atoms with van der Waals surface area (Å²) < 4.78 is 0. The van der Waals surface area contributed by atoms with Gasteiger partial charge in [0.05, 0.1) is 10.7 Å². The van der Waals surface area contributed by atoms with Crippen molar-refractivity contribution in [1.82, 2.24) is 5.32 Å². The van der Waals surface area contributed by atoms with Crippen LogP contribution in [0.1, 0.15) is 12.0 Å². The summed E-state index contributed by atoms with van der Waals surface area (Å²) >= 11 is 6.08. The first-order valence-corrected chi connectivity index (χ1v) is 7.47. The molecule has 5 heteroatoms. The van der Waals surface area contributed by atoms with Gasteiger partial charge in [0.15, 0.2) is 0 Å². The van der Waals surface area contributed by atoms with Gasteiger partial charge in [0.25, 0.3) is 5.91 Å². The average molecular weight is 315 g/mol. The molecule has 1 N–H and O–H groups in total. The third-order valence-corrected chi connectivity index (χ3v) is 4.00. The molecule has 0 saturated carbocycles. The second-order valence-electron chi connectivity index (χ2n) is 5.15. The van der Waals surface area contributed by atoms with Gasteiger partial charge in [-0.15, -0.1) is 0 Å². The highest BCUT2D eigenvalue weighted by Crippen LogP contribution is 2.28. The quantitative estimate of drug-likeness (QED) is 0.879. The Kier molecular flexibility index (Phi) is 4.11. The molecule has 2 aromatic carbocycles. The lowest BCUT2D eigenvalue weighted by Crippen LogP contribution is -2.31. The average Bonchev–Trinajstić information content (AvgIpc) is 2.81. The minimum Gasteiger partial charge on any atom is -0.325 e. The third-order valence-electron chi connectivity index (χ3n) is 3.68. The molecule has 1 unspecified atom stereocenters. The van der Waals surface area contributed by atoms with Crippen LogP contribution in [0.15, 0.2) is 54.6 Å². The number of anilines is 1. The molecule has 22 heavy (non-hydrogen) atoms. The van der Waals surface area contributed by atoms with Crippen LogP contribution in [0.3, 0.4) is 0 Å². The molecule has 1 aliphatic rings. The maximum Gasteiger partial charge on any atom is 0.329 e. The number of urea groups is 1. The van der Waals surface area contributed by atoms with Crippen molar-refractivity contribution in [3.05, 3.63) is 65.2 Å². The molecule has 112 valence electrons. The van der Waals surface area contributed by atoms with Gasteiger partial charge in [-0.2, -0.15) is 0 Å². The van der Waals surface area contributed by atoms with Crippen LogP contribution in [0.5, 0.6) is 0 Å². The summed E-state index contributed by atoms with van der Waals surface area (Å²) in [4.78, 5) is 25.7. The lowest BCUT2D eigenvalue weighted by atomic mass is 10.1. The van der Waals surface area contributed by atoms with E-state index in [0.717, 1.165) is 16.9 Å². The molecule has 3 amide bonds. The number of carbonyl (C=O) groups excluding carboxylic acids is 2. The second kappa shape index (κ2) is 6.20. The predicted molar refractivity (Wildman–Crippen MR) is 86.0 cm³/mol. The molecule has 0 spiro atoms. The number of hydrogen-bond acceptors (Lipinski definition) is 2. The Morgan fingerprint density at radius 2 is 1.68 bits per heavy atom. The summed E-state index contributed by atoms with van der Waals surface area (Å²) in [5.41, 5.74) is 1.56. The van der Waals surface area contributed by atoms with E-state index in [4.69, 9.17) is 11.6 Å². The Morgan fingerprint density at radius 1 is 1.00 bits per heavy atom. The number of hydrogen-bond donors (Lipinski definition) is 1. The van der Waals surface area contributed by atoms with Crippen LogP contribution in [0.2, 0.25) is 5.02 Å². The van der Waals surface area contributed by atoms with E-state index in [-0.39, 0.29) is 5.91 Å². The Bertz CT molecular complexity index is 703. The summed E-state index contributed by atoms with van der Waals surface area (Å²) in [5.74, 6) is -0.256. The summed E-state index contributed by atoms with van der Waals surface area (Å²) in [7, 11) is 0. The van der Waals surface area contributed by atoms with E-state index in [9.17, 15) is 9.59 Å². The number of halogens is 1. The van der Waals surface area contributed by atoms with Crippen LogP contribution >= 0.6 is 11.6 Å². The van der Waals surface area contributed by atoms with Gasteiger partial charge in [0.2, 0.25) is 0 Å². The topological polar surface area (TPSA) is 49.4 Å². The second-order valence-corrected chi connectivity index (χ2v) is 5.56. The first kappa shape index (κ1) is 14.6. The lowest BCUT2D eigenvalue weighted by Gasteiger charge is -2.14. The summed E-state index contributed by atoms with van der Waals surface area (Å²) in [6.45, 7) is 0. The van der Waals surface area contributed by atoms with E-state index in [1.807, 2.05) is 30.3 Å². The van der Waals surface area contributed by atoms with Gasteiger partial charge in [-0.25, -0.2) is 9.69 Å². The number of para-hydroxylation sites is 1. The number of benzene rings is 2. The molecule has 0 aliphatic carbocycles. The van der Waals surface area contributed by atoms with Crippen LogP contribution in [-0.4, -0.2) is 18.0 Å². The number of nitrogens with zero attached hydrogens (tertiary/aromatic N) is 1. The molecule has 0 radical (unpaired) electrons. The van der Waals surface area contributed by atoms with Crippen LogP contribution in [0, 0.1) is 0 Å². The molecular formula is C17H15ClN2O2. The number of rotatable bonds is 4. The highest BCUT2D eigenvalue weighted by molar-refractivity contribution is 6.35. The van der Waals surface area contributed by atoms with Crippen molar-refractivity contribution in [2.75, 3.05) is 4.90 Å². The van der Waals surface area contributed by atoms with Crippen LogP contribution in [-0.2, 0) is 11.2 Å². The van der Waals surface area contributed by atoms with Crippen LogP contribution < -0.4 is 10.2 Å². The largest absolute Gasteiger partial charge is 0.329 e. The van der Waals surface area contributed by atoms with Gasteiger partial charge >= 0.3 is 6.03 Å². The normalized spacial score (nSPS) is 17.7. The van der Waals surface area contributed by atoms with Crippen molar-refractivity contribution >= 4 is 29.2 Å². The first-order chi connectivity index (χ1) is 10.7. The fraction of sp³-hybridized carbons (Fsp3) is 0.176. The van der Waals surface area contributed by atoms with Crippen molar-refractivity contribution in [3.8, 4) is 0 Å². The van der Waals surface area contributed by atoms with Gasteiger partial charge in [0, 0.05) is 0 Å². The zero-order chi connectivity index (χ0) is 15.5. The van der Waals surface area contributed by atoms with E-state index < -0.39 is 12.1 Å². The summed E-state index contributed by atoms with van der Waals surface area (Å²) in [6, 6.07) is 15.8. The Balaban J connectivity index is 1.73. The van der Waals surface area contributed by atoms with Crippen LogP contribution in [0.4, 0.5) is 10.5 Å². The highest BCUT2D eigenvalue weighted by Gasteiger charge is 2.39. The van der Waals surface area contributed by atoms with Crippen molar-refractivity contribution in [3.63, 3.8) is 0 Å². The number of amides is 3. The number of imide groups is 1. The Hall–Kier alpha value is -2.33. The number of nitrogens with one attached hydrogen (secondary N) is 1. The van der Waals surface area contributed by atoms with Gasteiger partial charge in [0.1, 0.15) is 6.04 Å². The fourth-order valence-electron chi connectivity index (χ4n) is 2.54.